The number of nitrogens with zero attached hydrogens (tertiary/aromatic N) is 2. The van der Waals surface area contributed by atoms with Crippen LogP contribution in [0.4, 0.5) is 0 Å². The zero-order chi connectivity index (χ0) is 26.0. The van der Waals surface area contributed by atoms with Crippen molar-refractivity contribution in [1.29, 1.82) is 0 Å². The Balaban J connectivity index is 1.65. The fourth-order valence-corrected chi connectivity index (χ4v) is 11.5. The molecule has 0 aliphatic carbocycles. The van der Waals surface area contributed by atoms with Gasteiger partial charge in [-0.25, -0.2) is 0 Å². The second-order valence-corrected chi connectivity index (χ2v) is 16.1. The van der Waals surface area contributed by atoms with E-state index in [1.165, 1.54) is 48.4 Å². The minimum atomic E-state index is -2.12. The van der Waals surface area contributed by atoms with Gasteiger partial charge in [0, 0.05) is 0 Å². The van der Waals surface area contributed by atoms with Gasteiger partial charge in [0.2, 0.25) is 0 Å². The summed E-state index contributed by atoms with van der Waals surface area (Å²) in [6, 6.07) is 50.4. The van der Waals surface area contributed by atoms with Crippen LogP contribution in [0, 0.1) is 0 Å². The van der Waals surface area contributed by atoms with Gasteiger partial charge in [-0.2, -0.15) is 0 Å². The number of hydrogen-bond donors (Lipinski definition) is 0. The summed E-state index contributed by atoms with van der Waals surface area (Å²) in [6.45, 7) is 0. The molecule has 0 atom stereocenters. The SMILES string of the molecule is [Se]=P(c1ccccc1)(c1ccccc1)c1cccc2c3ccc4ccccc4c3n3c4ccccc4nc3c12. The summed E-state index contributed by atoms with van der Waals surface area (Å²) in [5, 5.41) is 10.1. The summed E-state index contributed by atoms with van der Waals surface area (Å²) in [4.78, 5) is 5.33. The second kappa shape index (κ2) is 8.76. The maximum atomic E-state index is 5.33. The van der Waals surface area contributed by atoms with Crippen molar-refractivity contribution < 1.29 is 0 Å². The predicted octanol–water partition coefficient (Wildman–Crippen LogP) is 7.32. The molecule has 0 spiro atoms. The Morgan fingerprint density at radius 2 is 1.18 bits per heavy atom. The van der Waals surface area contributed by atoms with Crippen LogP contribution >= 0.6 is 5.51 Å². The van der Waals surface area contributed by atoms with E-state index in [4.69, 9.17) is 4.98 Å². The standard InChI is InChI=1S/C35H23N2PSe/c39-38(25-13-3-1-4-14-25,26-15-5-2-6-16-26)32-21-11-18-28-29-23-22-24-12-7-8-17-27(24)34(29)37-31-20-10-9-19-30(31)36-35(37)33(28)32/h1-23H. The fourth-order valence-electron chi connectivity index (χ4n) is 6.10. The summed E-state index contributed by atoms with van der Waals surface area (Å²) in [5.41, 5.74) is 2.25. The van der Waals surface area contributed by atoms with E-state index >= 15 is 0 Å². The molecule has 8 aromatic rings. The van der Waals surface area contributed by atoms with Gasteiger partial charge in [-0.05, 0) is 0 Å². The maximum absolute atomic E-state index is 5.33. The van der Waals surface area contributed by atoms with Crippen LogP contribution in [0.2, 0.25) is 0 Å². The van der Waals surface area contributed by atoms with E-state index in [9.17, 15) is 0 Å². The second-order valence-electron chi connectivity index (χ2n) is 9.92. The molecule has 0 amide bonds. The van der Waals surface area contributed by atoms with Crippen molar-refractivity contribution in [3.63, 3.8) is 0 Å². The van der Waals surface area contributed by atoms with Gasteiger partial charge in [0.25, 0.3) is 0 Å². The van der Waals surface area contributed by atoms with Gasteiger partial charge >= 0.3 is 235 Å². The summed E-state index contributed by atoms with van der Waals surface area (Å²) in [5.74, 6) is 0. The normalized spacial score (nSPS) is 12.2. The summed E-state index contributed by atoms with van der Waals surface area (Å²) >= 11 is 3.78. The zero-order valence-corrected chi connectivity index (χ0v) is 23.6. The van der Waals surface area contributed by atoms with Crippen molar-refractivity contribution in [1.82, 2.24) is 9.38 Å². The van der Waals surface area contributed by atoms with Crippen LogP contribution in [0.1, 0.15) is 0 Å². The van der Waals surface area contributed by atoms with Gasteiger partial charge in [-0.3, -0.25) is 0 Å². The molecular formula is C35H23N2PSe. The van der Waals surface area contributed by atoms with Crippen molar-refractivity contribution in [2.45, 2.75) is 0 Å². The van der Waals surface area contributed by atoms with Crippen LogP contribution in [0.25, 0.3) is 49.1 Å². The van der Waals surface area contributed by atoms with Gasteiger partial charge in [0.1, 0.15) is 0 Å². The summed E-state index contributed by atoms with van der Waals surface area (Å²) in [7, 11) is 0. The third kappa shape index (κ3) is 3.28. The van der Waals surface area contributed by atoms with Gasteiger partial charge < -0.3 is 0 Å². The number of pyridine rings is 1. The molecule has 0 unspecified atom stereocenters. The Bertz CT molecular complexity index is 2210. The molecule has 0 aliphatic heterocycles. The fraction of sp³-hybridized carbons (Fsp3) is 0. The minimum absolute atomic E-state index is 1.01. The Morgan fingerprint density at radius 3 is 1.95 bits per heavy atom. The van der Waals surface area contributed by atoms with Crippen LogP contribution in [-0.2, 0) is 0 Å². The van der Waals surface area contributed by atoms with Crippen molar-refractivity contribution in [2.24, 2.45) is 0 Å². The Hall–Kier alpha value is -4.00. The van der Waals surface area contributed by atoms with Crippen LogP contribution in [0.15, 0.2) is 140 Å². The van der Waals surface area contributed by atoms with Crippen LogP contribution in [-0.4, -0.2) is 24.5 Å². The molecule has 8 rings (SSSR count). The first-order chi connectivity index (χ1) is 19.2. The topological polar surface area (TPSA) is 17.3 Å². The first kappa shape index (κ1) is 22.9. The molecule has 0 aliphatic rings. The number of aromatic nitrogens is 2. The number of hydrogen-bond acceptors (Lipinski definition) is 1. The van der Waals surface area contributed by atoms with Crippen LogP contribution in [0.3, 0.4) is 0 Å². The van der Waals surface area contributed by atoms with E-state index in [2.05, 4.69) is 159 Å². The van der Waals surface area contributed by atoms with Crippen molar-refractivity contribution in [3.8, 4) is 0 Å². The first-order valence-corrected chi connectivity index (χ1v) is 17.1. The molecule has 0 bridgehead atoms. The Morgan fingerprint density at radius 1 is 0.538 bits per heavy atom. The third-order valence-electron chi connectivity index (χ3n) is 7.82. The molecule has 39 heavy (non-hydrogen) atoms. The van der Waals surface area contributed by atoms with Gasteiger partial charge in [0.15, 0.2) is 0 Å². The monoisotopic (exact) mass is 582 g/mol. The third-order valence-corrected chi connectivity index (χ3v) is 14.8. The molecule has 4 heteroatoms. The van der Waals surface area contributed by atoms with Crippen LogP contribution < -0.4 is 15.9 Å². The van der Waals surface area contributed by atoms with E-state index < -0.39 is 5.51 Å². The Labute approximate surface area is 233 Å². The molecule has 0 fully saturated rings. The summed E-state index contributed by atoms with van der Waals surface area (Å²) in [6.07, 6.45) is 0. The van der Waals surface area contributed by atoms with Gasteiger partial charge in [-0.1, -0.05) is 0 Å². The quantitative estimate of drug-likeness (QED) is 0.121. The first-order valence-electron chi connectivity index (χ1n) is 13.1. The predicted molar refractivity (Wildman–Crippen MR) is 170 cm³/mol. The van der Waals surface area contributed by atoms with Crippen molar-refractivity contribution in [2.75, 3.05) is 0 Å². The molecule has 184 valence electrons. The van der Waals surface area contributed by atoms with E-state index in [1.54, 1.807) is 0 Å². The molecule has 2 nitrogen and oxygen atoms in total. The van der Waals surface area contributed by atoms with E-state index in [1.807, 2.05) is 0 Å². The Kier molecular flexibility index (Phi) is 5.15. The average molecular weight is 582 g/mol. The van der Waals surface area contributed by atoms with Crippen LogP contribution in [0.5, 0.6) is 0 Å². The average Bonchev–Trinajstić information content (AvgIpc) is 3.40. The molecule has 2 aromatic heterocycles. The molecule has 0 saturated carbocycles. The van der Waals surface area contributed by atoms with Gasteiger partial charge in [-0.15, -0.1) is 0 Å². The summed E-state index contributed by atoms with van der Waals surface area (Å²) < 4.78 is 2.40. The van der Waals surface area contributed by atoms with E-state index in [0.717, 1.165) is 16.7 Å². The molecule has 6 aromatic carbocycles. The zero-order valence-electron chi connectivity index (χ0n) is 21.0. The number of benzene rings is 6. The molecule has 2 heterocycles. The molecule has 0 radical (unpaired) electrons. The van der Waals surface area contributed by atoms with Crippen molar-refractivity contribution >= 4 is 85.6 Å². The molecular weight excluding hydrogens is 558 g/mol. The number of imidazole rings is 1. The van der Waals surface area contributed by atoms with Gasteiger partial charge in [0.05, 0.1) is 0 Å². The van der Waals surface area contributed by atoms with E-state index in [-0.39, 0.29) is 0 Å². The number of para-hydroxylation sites is 2. The number of fused-ring (bicyclic) bond motifs is 10. The van der Waals surface area contributed by atoms with E-state index in [0.29, 0.717) is 0 Å². The van der Waals surface area contributed by atoms with Crippen molar-refractivity contribution in [3.05, 3.63) is 140 Å². The number of rotatable bonds is 3. The molecule has 0 saturated heterocycles. The molecule has 0 N–H and O–H groups in total.